The summed E-state index contributed by atoms with van der Waals surface area (Å²) in [4.78, 5) is 33.8. The molecule has 0 aliphatic heterocycles. The van der Waals surface area contributed by atoms with Crippen LogP contribution in [0.3, 0.4) is 0 Å². The summed E-state index contributed by atoms with van der Waals surface area (Å²) in [6.45, 7) is 11.7. The van der Waals surface area contributed by atoms with Crippen LogP contribution in [0, 0.1) is 13.8 Å². The van der Waals surface area contributed by atoms with E-state index >= 15 is 0 Å². The molecule has 0 unspecified atom stereocenters. The van der Waals surface area contributed by atoms with E-state index < -0.39 is 7.28 Å². The van der Waals surface area contributed by atoms with Gasteiger partial charge in [0.25, 0.3) is 0 Å². The van der Waals surface area contributed by atoms with Gasteiger partial charge in [0.05, 0.1) is 0 Å². The van der Waals surface area contributed by atoms with Crippen LogP contribution in [-0.2, 0) is 0 Å². The summed E-state index contributed by atoms with van der Waals surface area (Å²) in [5, 5.41) is 0.506. The van der Waals surface area contributed by atoms with Crippen LogP contribution >= 0.6 is 7.28 Å². The molecule has 2 aromatic rings. The van der Waals surface area contributed by atoms with Crippen LogP contribution in [0.4, 0.5) is 0 Å². The van der Waals surface area contributed by atoms with E-state index in [1.54, 1.807) is 12.1 Å². The average Bonchev–Trinajstić information content (AvgIpc) is 2.46. The fourth-order valence-corrected chi connectivity index (χ4v) is 5.89. The van der Waals surface area contributed by atoms with E-state index in [-0.39, 0.29) is 22.4 Å². The molecule has 0 saturated heterocycles. The fraction of sp³-hybridized carbons (Fsp3) is 0.400. The fourth-order valence-electron chi connectivity index (χ4n) is 3.13. The SMILES string of the molecule is Cc1ccc(C(C)C)c(P(O)(O)(O)c2cc(C)ccc2C(C)C)c1. The molecule has 0 saturated carbocycles. The van der Waals surface area contributed by atoms with Gasteiger partial charge in [-0.05, 0) is 0 Å². The van der Waals surface area contributed by atoms with Gasteiger partial charge in [-0.15, -0.1) is 0 Å². The van der Waals surface area contributed by atoms with E-state index in [0.29, 0.717) is 0 Å². The first-order chi connectivity index (χ1) is 10.9. The van der Waals surface area contributed by atoms with Crippen molar-refractivity contribution in [1.29, 1.82) is 0 Å². The van der Waals surface area contributed by atoms with Crippen molar-refractivity contribution in [3.63, 3.8) is 0 Å². The molecule has 3 N–H and O–H groups in total. The third-order valence-electron chi connectivity index (χ3n) is 4.50. The first kappa shape index (κ1) is 19.1. The summed E-state index contributed by atoms with van der Waals surface area (Å²) in [6, 6.07) is 11.0. The Kier molecular flexibility index (Phi) is 4.96. The van der Waals surface area contributed by atoms with E-state index in [2.05, 4.69) is 0 Å². The predicted octanol–water partition coefficient (Wildman–Crippen LogP) is 3.78. The molecule has 0 aromatic heterocycles. The quantitative estimate of drug-likeness (QED) is 0.737. The topological polar surface area (TPSA) is 60.7 Å². The van der Waals surface area contributed by atoms with Crippen LogP contribution in [0.1, 0.15) is 61.8 Å². The third kappa shape index (κ3) is 3.41. The van der Waals surface area contributed by atoms with Gasteiger partial charge in [-0.2, -0.15) is 0 Å². The van der Waals surface area contributed by atoms with Gasteiger partial charge in [-0.1, -0.05) is 0 Å². The molecular formula is C20H29O3P. The monoisotopic (exact) mass is 348 g/mol. The molecule has 0 aliphatic carbocycles. The molecule has 0 atom stereocenters. The van der Waals surface area contributed by atoms with Gasteiger partial charge in [-0.3, -0.25) is 0 Å². The predicted molar refractivity (Wildman–Crippen MR) is 103 cm³/mol. The molecule has 3 nitrogen and oxygen atoms in total. The number of hydrogen-bond donors (Lipinski definition) is 3. The summed E-state index contributed by atoms with van der Waals surface area (Å²) in [6.07, 6.45) is 0. The van der Waals surface area contributed by atoms with E-state index in [1.807, 2.05) is 65.8 Å². The molecule has 0 spiro atoms. The molecule has 0 radical (unpaired) electrons. The zero-order valence-corrected chi connectivity index (χ0v) is 16.3. The van der Waals surface area contributed by atoms with Gasteiger partial charge in [-0.25, -0.2) is 0 Å². The van der Waals surface area contributed by atoms with Crippen molar-refractivity contribution in [3.05, 3.63) is 58.7 Å². The van der Waals surface area contributed by atoms with Gasteiger partial charge in [0, 0.05) is 0 Å². The molecule has 0 amide bonds. The Labute approximate surface area is 145 Å². The zero-order chi connectivity index (χ0) is 18.3. The first-order valence-electron chi connectivity index (χ1n) is 8.41. The Morgan fingerprint density at radius 3 is 1.29 bits per heavy atom. The Bertz CT molecular complexity index is 694. The Balaban J connectivity index is 2.86. The zero-order valence-electron chi connectivity index (χ0n) is 15.4. The summed E-state index contributed by atoms with van der Waals surface area (Å²) in [7, 11) is -5.23. The Hall–Kier alpha value is -1.25. The molecular weight excluding hydrogens is 319 g/mol. The van der Waals surface area contributed by atoms with Crippen molar-refractivity contribution in [2.45, 2.75) is 53.4 Å². The van der Waals surface area contributed by atoms with Crippen LogP contribution in [0.25, 0.3) is 0 Å². The Morgan fingerprint density at radius 1 is 0.667 bits per heavy atom. The van der Waals surface area contributed by atoms with Crippen molar-refractivity contribution in [2.24, 2.45) is 0 Å². The second kappa shape index (κ2) is 6.24. The summed E-state index contributed by atoms with van der Waals surface area (Å²) >= 11 is 0. The second-order valence-corrected chi connectivity index (χ2v) is 10.3. The van der Waals surface area contributed by atoms with E-state index in [9.17, 15) is 14.7 Å². The third-order valence-corrected chi connectivity index (χ3v) is 7.05. The van der Waals surface area contributed by atoms with Gasteiger partial charge in [0.2, 0.25) is 0 Å². The normalized spacial score (nSPS) is 14.0. The van der Waals surface area contributed by atoms with Gasteiger partial charge in [0.15, 0.2) is 0 Å². The molecule has 0 bridgehead atoms. The molecule has 2 rings (SSSR count). The minimum absolute atomic E-state index is 0.0702. The maximum absolute atomic E-state index is 11.3. The summed E-state index contributed by atoms with van der Waals surface area (Å²) in [5.41, 5.74) is 3.31. The molecule has 0 fully saturated rings. The average molecular weight is 348 g/mol. The van der Waals surface area contributed by atoms with Crippen LogP contribution in [0.2, 0.25) is 0 Å². The van der Waals surface area contributed by atoms with Gasteiger partial charge in [0.1, 0.15) is 0 Å². The summed E-state index contributed by atoms with van der Waals surface area (Å²) in [5.74, 6) is 0.140. The molecule has 0 heterocycles. The standard InChI is InChI=1S/C20H29O3P/c1-13(2)17-9-7-15(5)11-19(17)24(21,22,23)20-12-16(6)8-10-18(20)14(3)4/h7-14,21-23H,1-6H3. The molecule has 4 heteroatoms. The van der Waals surface area contributed by atoms with Crippen molar-refractivity contribution in [1.82, 2.24) is 0 Å². The van der Waals surface area contributed by atoms with E-state index in [1.165, 1.54) is 0 Å². The molecule has 24 heavy (non-hydrogen) atoms. The minimum atomic E-state index is -5.23. The van der Waals surface area contributed by atoms with Crippen LogP contribution in [0.5, 0.6) is 0 Å². The Morgan fingerprint density at radius 2 is 1.00 bits per heavy atom. The van der Waals surface area contributed by atoms with E-state index in [4.69, 9.17) is 0 Å². The number of rotatable bonds is 4. The van der Waals surface area contributed by atoms with Crippen molar-refractivity contribution >= 4 is 17.9 Å². The number of hydrogen-bond acceptors (Lipinski definition) is 3. The second-order valence-electron chi connectivity index (χ2n) is 7.41. The number of benzene rings is 2. The molecule has 2 aromatic carbocycles. The maximum atomic E-state index is 11.3. The molecule has 132 valence electrons. The van der Waals surface area contributed by atoms with Crippen LogP contribution in [0.15, 0.2) is 36.4 Å². The van der Waals surface area contributed by atoms with Gasteiger partial charge >= 0.3 is 145 Å². The van der Waals surface area contributed by atoms with Gasteiger partial charge < -0.3 is 0 Å². The molecule has 0 aliphatic rings. The first-order valence-corrected chi connectivity index (χ1v) is 10.5. The van der Waals surface area contributed by atoms with E-state index in [0.717, 1.165) is 22.3 Å². The van der Waals surface area contributed by atoms with Crippen molar-refractivity contribution < 1.29 is 14.7 Å². The number of aryl methyl sites for hydroxylation is 2. The van der Waals surface area contributed by atoms with Crippen LogP contribution in [-0.4, -0.2) is 14.7 Å². The van der Waals surface area contributed by atoms with Crippen molar-refractivity contribution in [2.75, 3.05) is 0 Å². The van der Waals surface area contributed by atoms with Crippen LogP contribution < -0.4 is 10.6 Å². The summed E-state index contributed by atoms with van der Waals surface area (Å²) < 4.78 is 0. The van der Waals surface area contributed by atoms with Crippen molar-refractivity contribution in [3.8, 4) is 0 Å².